The molecule has 2 N–H and O–H groups in total. The summed E-state index contributed by atoms with van der Waals surface area (Å²) in [4.78, 5) is 45.9. The molecule has 1 amide bonds. The molecule has 0 spiro atoms. The van der Waals surface area contributed by atoms with Crippen molar-refractivity contribution in [1.29, 1.82) is 0 Å². The Morgan fingerprint density at radius 2 is 1.93 bits per heavy atom. The fourth-order valence-electron chi connectivity index (χ4n) is 2.47. The highest BCUT2D eigenvalue weighted by atomic mass is 31.2. The summed E-state index contributed by atoms with van der Waals surface area (Å²) in [5, 5.41) is 2.56. The van der Waals surface area contributed by atoms with Gasteiger partial charge in [0.25, 0.3) is 5.91 Å². The molecule has 0 aromatic heterocycles. The van der Waals surface area contributed by atoms with Gasteiger partial charge >= 0.3 is 20.1 Å². The molecular formula is C17H31NO9P+. The predicted molar refractivity (Wildman–Crippen MR) is 99.5 cm³/mol. The zero-order chi connectivity index (χ0) is 21.4. The summed E-state index contributed by atoms with van der Waals surface area (Å²) in [6.07, 6.45) is 0.188. The molecule has 1 rings (SSSR count). The van der Waals surface area contributed by atoms with Crippen molar-refractivity contribution in [2.24, 2.45) is 11.3 Å². The third-order valence-corrected chi connectivity index (χ3v) is 5.74. The van der Waals surface area contributed by atoms with Crippen LogP contribution in [-0.4, -0.2) is 55.9 Å². The highest BCUT2D eigenvalue weighted by Gasteiger charge is 2.59. The zero-order valence-electron chi connectivity index (χ0n) is 17.1. The van der Waals surface area contributed by atoms with Crippen molar-refractivity contribution in [3.05, 3.63) is 0 Å². The van der Waals surface area contributed by atoms with Gasteiger partial charge < -0.3 is 14.8 Å². The molecule has 0 bridgehead atoms. The minimum Gasteiger partial charge on any atom is -0.469 e. The molecule has 1 heterocycles. The second-order valence-electron chi connectivity index (χ2n) is 7.06. The van der Waals surface area contributed by atoms with Gasteiger partial charge in [-0.25, -0.2) is 0 Å². The quantitative estimate of drug-likeness (QED) is 0.306. The average Bonchev–Trinajstić information content (AvgIpc) is 2.64. The van der Waals surface area contributed by atoms with Crippen LogP contribution in [0.4, 0.5) is 0 Å². The van der Waals surface area contributed by atoms with E-state index in [0.29, 0.717) is 12.8 Å². The molecule has 11 heteroatoms. The summed E-state index contributed by atoms with van der Waals surface area (Å²) in [5.74, 6) is -1.67. The van der Waals surface area contributed by atoms with Gasteiger partial charge in [-0.1, -0.05) is 27.7 Å². The maximum Gasteiger partial charge on any atom is 0.576 e. The Hall–Kier alpha value is -1.32. The van der Waals surface area contributed by atoms with Crippen LogP contribution in [0.3, 0.4) is 0 Å². The van der Waals surface area contributed by atoms with Crippen molar-refractivity contribution in [2.75, 3.05) is 27.1 Å². The smallest absolute Gasteiger partial charge is 0.469 e. The number of rotatable bonds is 10. The number of hydrogen-bond acceptors (Lipinski definition) is 9. The van der Waals surface area contributed by atoms with E-state index in [1.165, 1.54) is 7.11 Å². The number of hydrogen-bond donors (Lipinski definition) is 2. The first kappa shape index (κ1) is 24.7. The summed E-state index contributed by atoms with van der Waals surface area (Å²) in [7, 11) is -2.59. The largest absolute Gasteiger partial charge is 0.576 e. The van der Waals surface area contributed by atoms with Crippen LogP contribution in [0.5, 0.6) is 0 Å². The molecule has 28 heavy (non-hydrogen) atoms. The van der Waals surface area contributed by atoms with Crippen LogP contribution in [0.15, 0.2) is 0 Å². The van der Waals surface area contributed by atoms with Crippen molar-refractivity contribution in [3.8, 4) is 0 Å². The summed E-state index contributed by atoms with van der Waals surface area (Å²) in [6, 6.07) is 0. The van der Waals surface area contributed by atoms with Gasteiger partial charge in [-0.3, -0.25) is 14.4 Å². The highest BCUT2D eigenvalue weighted by molar-refractivity contribution is 7.55. The molecule has 0 aliphatic carbocycles. The Bertz CT molecular complexity index is 553. The predicted octanol–water partition coefficient (Wildman–Crippen LogP) is 1.73. The fraction of sp³-hybridized carbons (Fsp3) is 0.824. The summed E-state index contributed by atoms with van der Waals surface area (Å²) in [5.41, 5.74) is -0.753. The van der Waals surface area contributed by atoms with Gasteiger partial charge in [0.15, 0.2) is 6.10 Å². The molecule has 2 atom stereocenters. The van der Waals surface area contributed by atoms with E-state index in [1.54, 1.807) is 13.8 Å². The number of amides is 1. The van der Waals surface area contributed by atoms with E-state index in [9.17, 15) is 19.3 Å². The number of nitrogens with one attached hydrogen (secondary N) is 1. The summed E-state index contributed by atoms with van der Waals surface area (Å²) < 4.78 is 25.4. The monoisotopic (exact) mass is 424 g/mol. The second-order valence-corrected chi connectivity index (χ2v) is 8.72. The fourth-order valence-corrected chi connectivity index (χ4v) is 4.00. The lowest BCUT2D eigenvalue weighted by Gasteiger charge is -2.36. The topological polar surface area (TPSA) is 130 Å². The second kappa shape index (κ2) is 11.0. The molecule has 0 aromatic rings. The van der Waals surface area contributed by atoms with Gasteiger partial charge in [-0.15, -0.1) is 9.05 Å². The van der Waals surface area contributed by atoms with Crippen molar-refractivity contribution in [3.63, 3.8) is 0 Å². The van der Waals surface area contributed by atoms with Crippen LogP contribution in [-0.2, 0) is 37.4 Å². The molecule has 162 valence electrons. The van der Waals surface area contributed by atoms with E-state index >= 15 is 0 Å². The number of methoxy groups -OCH3 is 1. The van der Waals surface area contributed by atoms with Crippen LogP contribution < -0.4 is 5.32 Å². The molecule has 10 nitrogen and oxygen atoms in total. The Morgan fingerprint density at radius 3 is 2.50 bits per heavy atom. The first-order valence-corrected chi connectivity index (χ1v) is 10.7. The van der Waals surface area contributed by atoms with Crippen molar-refractivity contribution in [1.82, 2.24) is 5.32 Å². The Balaban J connectivity index is 2.61. The van der Waals surface area contributed by atoms with E-state index in [2.05, 4.69) is 10.1 Å². The number of carbonyl (C=O) groups is 3. The normalized spacial score (nSPS) is 23.9. The molecule has 1 aliphatic rings. The third kappa shape index (κ3) is 7.25. The molecular weight excluding hydrogens is 393 g/mol. The van der Waals surface area contributed by atoms with Gasteiger partial charge in [0.2, 0.25) is 6.79 Å². The minimum absolute atomic E-state index is 0.00709. The number of esters is 2. The van der Waals surface area contributed by atoms with Gasteiger partial charge in [-0.2, -0.15) is 9.42 Å². The molecule has 0 aromatic carbocycles. The lowest BCUT2D eigenvalue weighted by Crippen LogP contribution is -2.50. The maximum absolute atomic E-state index is 12.4. The Kier molecular flexibility index (Phi) is 9.73. The Morgan fingerprint density at radius 1 is 1.29 bits per heavy atom. The first-order valence-electron chi connectivity index (χ1n) is 9.19. The van der Waals surface area contributed by atoms with E-state index in [1.807, 2.05) is 13.8 Å². The minimum atomic E-state index is -3.84. The first-order chi connectivity index (χ1) is 13.1. The van der Waals surface area contributed by atoms with E-state index in [0.717, 1.165) is 0 Å². The molecule has 0 radical (unpaired) electrons. The van der Waals surface area contributed by atoms with E-state index in [4.69, 9.17) is 18.3 Å². The third-order valence-electron chi connectivity index (χ3n) is 4.38. The van der Waals surface area contributed by atoms with Crippen LogP contribution >= 0.6 is 8.17 Å². The molecule has 1 fully saturated rings. The van der Waals surface area contributed by atoms with Crippen LogP contribution in [0.1, 0.15) is 47.0 Å². The molecule has 1 saturated heterocycles. The van der Waals surface area contributed by atoms with E-state index < -0.39 is 44.3 Å². The average molecular weight is 424 g/mol. The van der Waals surface area contributed by atoms with Gasteiger partial charge in [0.1, 0.15) is 6.61 Å². The van der Waals surface area contributed by atoms with Gasteiger partial charge in [0, 0.05) is 12.0 Å². The summed E-state index contributed by atoms with van der Waals surface area (Å²) >= 11 is 0. The lowest BCUT2D eigenvalue weighted by molar-refractivity contribution is -0.162. The lowest BCUT2D eigenvalue weighted by atomic mass is 9.87. The molecule has 0 saturated carbocycles. The number of ether oxygens (including phenoxy) is 2. The highest BCUT2D eigenvalue weighted by Crippen LogP contribution is 2.63. The standard InChI is InChI=1S/C17H30NO9P/c1-6-12(7-2)16(21)24-11-26-28(22)25-10-17(3,4)14(27-28)15(20)18-9-8-13(19)23-5/h12,14,22H,6-11H2,1-5H3/p+1/t14-,28?/m0/s1. The number of carbonyl (C=O) groups excluding carboxylic acids is 3. The van der Waals surface area contributed by atoms with Crippen molar-refractivity contribution < 1.29 is 42.3 Å². The zero-order valence-corrected chi connectivity index (χ0v) is 18.0. The molecule has 1 aliphatic heterocycles. The van der Waals surface area contributed by atoms with E-state index in [-0.39, 0.29) is 25.5 Å². The maximum atomic E-state index is 12.4. The van der Waals surface area contributed by atoms with Crippen molar-refractivity contribution in [2.45, 2.75) is 53.1 Å². The summed E-state index contributed by atoms with van der Waals surface area (Å²) in [6.45, 7) is 6.71. The Labute approximate surface area is 165 Å². The van der Waals surface area contributed by atoms with Crippen molar-refractivity contribution >= 4 is 26.0 Å². The van der Waals surface area contributed by atoms with Gasteiger partial charge in [-0.05, 0) is 12.8 Å². The molecule has 1 unspecified atom stereocenters. The van der Waals surface area contributed by atoms with Crippen LogP contribution in [0.2, 0.25) is 0 Å². The van der Waals surface area contributed by atoms with Gasteiger partial charge in [0.05, 0.1) is 19.4 Å². The van der Waals surface area contributed by atoms with Crippen LogP contribution in [0.25, 0.3) is 0 Å². The SMILES string of the molecule is CCC(CC)C(=O)OCO[P+]1(O)OCC(C)(C)[C@H](C(=O)NCCC(=O)OC)O1. The van der Waals surface area contributed by atoms with Crippen LogP contribution in [0, 0.1) is 11.3 Å².